The molecule has 2 saturated heterocycles. The van der Waals surface area contributed by atoms with Crippen molar-refractivity contribution in [2.24, 2.45) is 5.92 Å². The van der Waals surface area contributed by atoms with Gasteiger partial charge in [0.25, 0.3) is 0 Å². The highest BCUT2D eigenvalue weighted by molar-refractivity contribution is 14.1. The maximum Gasteiger partial charge on any atom is 0.168 e. The van der Waals surface area contributed by atoms with Crippen molar-refractivity contribution in [1.82, 2.24) is 9.80 Å². The summed E-state index contributed by atoms with van der Waals surface area (Å²) in [6.45, 7) is 3.83. The molecule has 4 aliphatic heterocycles. The van der Waals surface area contributed by atoms with Gasteiger partial charge < -0.3 is 14.5 Å². The van der Waals surface area contributed by atoms with Crippen LogP contribution in [0.3, 0.4) is 0 Å². The average molecular weight is 356 g/mol. The summed E-state index contributed by atoms with van der Waals surface area (Å²) in [5.41, 5.74) is 1.24. The summed E-state index contributed by atoms with van der Waals surface area (Å²) in [6.07, 6.45) is 11.5. The lowest BCUT2D eigenvalue weighted by Gasteiger charge is -2.37. The quantitative estimate of drug-likeness (QED) is 0.530. The number of piperidine rings is 1. The van der Waals surface area contributed by atoms with Gasteiger partial charge in [-0.1, -0.05) is 0 Å². The first-order chi connectivity index (χ1) is 8.78. The fraction of sp³-hybridized carbons (Fsp3) is 0.571. The molecule has 4 rings (SSSR count). The summed E-state index contributed by atoms with van der Waals surface area (Å²) in [4.78, 5) is 4.97. The molecule has 0 saturated carbocycles. The Hall–Kier alpha value is -0.490. The number of hydrogen-bond acceptors (Lipinski definition) is 3. The maximum atomic E-state index is 5.80. The van der Waals surface area contributed by atoms with Gasteiger partial charge in [0.1, 0.15) is 5.76 Å². The van der Waals surface area contributed by atoms with Crippen LogP contribution in [0, 0.1) is 5.92 Å². The van der Waals surface area contributed by atoms with Crippen molar-refractivity contribution in [2.75, 3.05) is 19.6 Å². The number of hydrogen-bond donors (Lipinski definition) is 0. The first kappa shape index (κ1) is 11.3. The Labute approximate surface area is 121 Å². The Morgan fingerprint density at radius 1 is 1.33 bits per heavy atom. The third-order valence-electron chi connectivity index (χ3n) is 4.39. The molecule has 0 aromatic rings. The fourth-order valence-electron chi connectivity index (χ4n) is 3.51. The molecular formula is C14H17IN2O. The Morgan fingerprint density at radius 3 is 3.17 bits per heavy atom. The van der Waals surface area contributed by atoms with Gasteiger partial charge in [-0.3, -0.25) is 0 Å². The topological polar surface area (TPSA) is 15.7 Å². The van der Waals surface area contributed by atoms with E-state index >= 15 is 0 Å². The second kappa shape index (κ2) is 4.27. The highest BCUT2D eigenvalue weighted by Gasteiger charge is 2.35. The van der Waals surface area contributed by atoms with Crippen molar-refractivity contribution < 1.29 is 4.74 Å². The molecule has 4 atom stereocenters. The van der Waals surface area contributed by atoms with Crippen LogP contribution in [0.2, 0.25) is 0 Å². The monoisotopic (exact) mass is 356 g/mol. The molecule has 2 unspecified atom stereocenters. The molecule has 0 aromatic carbocycles. The third kappa shape index (κ3) is 1.90. The molecule has 0 amide bonds. The van der Waals surface area contributed by atoms with Gasteiger partial charge in [-0.15, -0.1) is 0 Å². The van der Waals surface area contributed by atoms with Crippen LogP contribution in [0.15, 0.2) is 35.9 Å². The van der Waals surface area contributed by atoms with Gasteiger partial charge in [-0.05, 0) is 60.0 Å². The van der Waals surface area contributed by atoms with Gasteiger partial charge in [0.15, 0.2) is 4.11 Å². The lowest BCUT2D eigenvalue weighted by molar-refractivity contribution is 0.166. The predicted octanol–water partition coefficient (Wildman–Crippen LogP) is 2.47. The van der Waals surface area contributed by atoms with Gasteiger partial charge in [0, 0.05) is 37.1 Å². The second-order valence-corrected chi connectivity index (χ2v) is 6.88. The molecule has 0 aromatic heterocycles. The molecule has 2 bridgehead atoms. The molecule has 4 aliphatic rings. The lowest BCUT2D eigenvalue weighted by Crippen LogP contribution is -2.43. The number of halogens is 1. The number of allylic oxidation sites excluding steroid dienone is 1. The summed E-state index contributed by atoms with van der Waals surface area (Å²) in [5.74, 6) is 1.96. The minimum Gasteiger partial charge on any atom is -0.474 e. The Balaban J connectivity index is 1.54. The molecule has 0 radical (unpaired) electrons. The molecule has 18 heavy (non-hydrogen) atoms. The fourth-order valence-corrected chi connectivity index (χ4v) is 4.17. The van der Waals surface area contributed by atoms with E-state index in [2.05, 4.69) is 56.9 Å². The number of alkyl halides is 1. The number of rotatable bonds is 1. The van der Waals surface area contributed by atoms with Crippen molar-refractivity contribution in [2.45, 2.75) is 23.0 Å². The van der Waals surface area contributed by atoms with Crippen LogP contribution in [0.1, 0.15) is 12.8 Å². The minimum absolute atomic E-state index is 0.194. The normalized spacial score (nSPS) is 41.3. The van der Waals surface area contributed by atoms with Gasteiger partial charge in [0.05, 0.1) is 0 Å². The summed E-state index contributed by atoms with van der Waals surface area (Å²) >= 11 is 2.31. The van der Waals surface area contributed by atoms with Gasteiger partial charge >= 0.3 is 0 Å². The molecule has 4 heteroatoms. The first-order valence-corrected chi connectivity index (χ1v) is 7.95. The SMILES string of the molecule is IC1C=C2C=CN([C@@H]3C[C@H]4CCN(C4)C3)C=C2O1. The lowest BCUT2D eigenvalue weighted by atomic mass is 9.95. The van der Waals surface area contributed by atoms with E-state index in [4.69, 9.17) is 4.74 Å². The van der Waals surface area contributed by atoms with Crippen LogP contribution in [-0.2, 0) is 4.74 Å². The van der Waals surface area contributed by atoms with Gasteiger partial charge in [-0.25, -0.2) is 0 Å². The van der Waals surface area contributed by atoms with Gasteiger partial charge in [0.2, 0.25) is 0 Å². The number of fused-ring (bicyclic) bond motifs is 3. The summed E-state index contributed by atoms with van der Waals surface area (Å²) in [6, 6.07) is 0.633. The minimum atomic E-state index is 0.194. The number of ether oxygens (including phenoxy) is 1. The van der Waals surface area contributed by atoms with E-state index in [0.717, 1.165) is 11.7 Å². The van der Waals surface area contributed by atoms with Gasteiger partial charge in [-0.2, -0.15) is 0 Å². The van der Waals surface area contributed by atoms with E-state index in [1.54, 1.807) is 0 Å². The highest BCUT2D eigenvalue weighted by atomic mass is 127. The summed E-state index contributed by atoms with van der Waals surface area (Å²) in [5, 5.41) is 0. The standard InChI is InChI=1S/C14H17IN2O/c15-14-6-11-2-4-17(9-13(11)18-14)12-5-10-1-3-16(7-10)8-12/h2,4,6,9-10,12,14H,1,3,5,7-8H2/t10-,12-,14?/m1/s1. The van der Waals surface area contributed by atoms with Crippen molar-refractivity contribution >= 4 is 22.6 Å². The Kier molecular flexibility index (Phi) is 2.69. The molecule has 4 heterocycles. The predicted molar refractivity (Wildman–Crippen MR) is 79.0 cm³/mol. The van der Waals surface area contributed by atoms with Crippen LogP contribution >= 0.6 is 22.6 Å². The molecule has 0 aliphatic carbocycles. The maximum absolute atomic E-state index is 5.80. The molecular weight excluding hydrogens is 339 g/mol. The van der Waals surface area contributed by atoms with Crippen LogP contribution in [0.5, 0.6) is 0 Å². The van der Waals surface area contributed by atoms with Crippen LogP contribution < -0.4 is 0 Å². The van der Waals surface area contributed by atoms with Crippen molar-refractivity contribution in [3.8, 4) is 0 Å². The zero-order valence-electron chi connectivity index (χ0n) is 10.3. The van der Waals surface area contributed by atoms with E-state index in [-0.39, 0.29) is 4.11 Å². The molecule has 96 valence electrons. The largest absolute Gasteiger partial charge is 0.474 e. The van der Waals surface area contributed by atoms with E-state index in [0.29, 0.717) is 6.04 Å². The molecule has 3 nitrogen and oxygen atoms in total. The average Bonchev–Trinajstić information content (AvgIpc) is 2.89. The second-order valence-electron chi connectivity index (χ2n) is 5.65. The molecule has 0 N–H and O–H groups in total. The van der Waals surface area contributed by atoms with Crippen molar-refractivity contribution in [3.63, 3.8) is 0 Å². The third-order valence-corrected chi connectivity index (χ3v) is 5.01. The highest BCUT2D eigenvalue weighted by Crippen LogP contribution is 2.34. The van der Waals surface area contributed by atoms with E-state index < -0.39 is 0 Å². The van der Waals surface area contributed by atoms with Crippen LogP contribution in [0.25, 0.3) is 0 Å². The summed E-state index contributed by atoms with van der Waals surface area (Å²) < 4.78 is 6.00. The first-order valence-electron chi connectivity index (χ1n) is 6.71. The van der Waals surface area contributed by atoms with E-state index in [9.17, 15) is 0 Å². The van der Waals surface area contributed by atoms with Crippen molar-refractivity contribution in [1.29, 1.82) is 0 Å². The number of nitrogens with zero attached hydrogens (tertiary/aromatic N) is 2. The Morgan fingerprint density at radius 2 is 2.28 bits per heavy atom. The van der Waals surface area contributed by atoms with E-state index in [1.807, 2.05) is 0 Å². The zero-order chi connectivity index (χ0) is 12.1. The van der Waals surface area contributed by atoms with E-state index in [1.165, 1.54) is 38.0 Å². The van der Waals surface area contributed by atoms with Crippen LogP contribution in [-0.4, -0.2) is 39.6 Å². The summed E-state index contributed by atoms with van der Waals surface area (Å²) in [7, 11) is 0. The molecule has 0 spiro atoms. The zero-order valence-corrected chi connectivity index (χ0v) is 12.4. The van der Waals surface area contributed by atoms with Crippen LogP contribution in [0.4, 0.5) is 0 Å². The van der Waals surface area contributed by atoms with Crippen molar-refractivity contribution in [3.05, 3.63) is 35.9 Å². The Bertz CT molecular complexity index is 445. The molecule has 2 fully saturated rings. The smallest absolute Gasteiger partial charge is 0.168 e.